The first-order valence-corrected chi connectivity index (χ1v) is 9.02. The Balaban J connectivity index is 1.57. The zero-order chi connectivity index (χ0) is 20.5. The summed E-state index contributed by atoms with van der Waals surface area (Å²) in [5, 5.41) is 12.7. The molecule has 1 aromatic heterocycles. The first-order valence-electron chi connectivity index (χ1n) is 9.02. The van der Waals surface area contributed by atoms with Crippen molar-refractivity contribution in [2.45, 2.75) is 19.9 Å². The van der Waals surface area contributed by atoms with Crippen molar-refractivity contribution in [2.24, 2.45) is 5.92 Å². The maximum Gasteiger partial charge on any atom is 0.359 e. The largest absolute Gasteiger partial charge is 0.359 e. The van der Waals surface area contributed by atoms with Crippen LogP contribution in [0.15, 0.2) is 54.6 Å². The van der Waals surface area contributed by atoms with Gasteiger partial charge in [-0.3, -0.25) is 9.59 Å². The normalized spacial score (nSPS) is 14.2. The Hall–Kier alpha value is -3.88. The standard InChI is InChI=1S/C20H17N5O4/c1-12(2)16(25-22-17(21-23-25)13-8-4-3-5-9-13)20(28)29-24-18(26)14-10-6-7-11-15(14)19(24)27/h3-12,16H,1-2H3. The third-order valence-electron chi connectivity index (χ3n) is 4.52. The molecule has 3 aromatic rings. The van der Waals surface area contributed by atoms with Gasteiger partial charge in [-0.1, -0.05) is 61.4 Å². The van der Waals surface area contributed by atoms with Gasteiger partial charge in [-0.2, -0.15) is 0 Å². The van der Waals surface area contributed by atoms with Gasteiger partial charge in [0.2, 0.25) is 5.82 Å². The van der Waals surface area contributed by atoms with Crippen LogP contribution in [0.4, 0.5) is 0 Å². The summed E-state index contributed by atoms with van der Waals surface area (Å²) in [6.07, 6.45) is 0. The van der Waals surface area contributed by atoms with Crippen molar-refractivity contribution in [3.63, 3.8) is 0 Å². The Kier molecular flexibility index (Phi) is 4.63. The van der Waals surface area contributed by atoms with E-state index < -0.39 is 23.8 Å². The van der Waals surface area contributed by atoms with Crippen LogP contribution in [0.1, 0.15) is 40.6 Å². The summed E-state index contributed by atoms with van der Waals surface area (Å²) in [6.45, 7) is 3.56. The Labute approximate surface area is 165 Å². The van der Waals surface area contributed by atoms with Gasteiger partial charge in [-0.15, -0.1) is 15.0 Å². The van der Waals surface area contributed by atoms with Crippen LogP contribution in [0.5, 0.6) is 0 Å². The number of imide groups is 1. The number of rotatable bonds is 5. The molecule has 2 aromatic carbocycles. The van der Waals surface area contributed by atoms with Gasteiger partial charge >= 0.3 is 5.97 Å². The number of aromatic nitrogens is 4. The Morgan fingerprint density at radius 1 is 0.931 bits per heavy atom. The number of carbonyl (C=O) groups is 3. The van der Waals surface area contributed by atoms with Crippen LogP contribution in [0.2, 0.25) is 0 Å². The number of amides is 2. The first-order chi connectivity index (χ1) is 14.0. The van der Waals surface area contributed by atoms with Crippen LogP contribution >= 0.6 is 0 Å². The molecule has 9 heteroatoms. The van der Waals surface area contributed by atoms with Crippen molar-refractivity contribution in [2.75, 3.05) is 0 Å². The minimum Gasteiger partial charge on any atom is -0.327 e. The molecule has 29 heavy (non-hydrogen) atoms. The van der Waals surface area contributed by atoms with E-state index in [1.54, 1.807) is 26.0 Å². The maximum atomic E-state index is 12.8. The van der Waals surface area contributed by atoms with Gasteiger partial charge in [0.15, 0.2) is 6.04 Å². The van der Waals surface area contributed by atoms with E-state index in [-0.39, 0.29) is 17.0 Å². The predicted octanol–water partition coefficient (Wildman–Crippen LogP) is 2.29. The molecule has 1 aliphatic heterocycles. The summed E-state index contributed by atoms with van der Waals surface area (Å²) in [6, 6.07) is 14.5. The number of benzene rings is 2. The zero-order valence-corrected chi connectivity index (χ0v) is 15.7. The summed E-state index contributed by atoms with van der Waals surface area (Å²) in [5.74, 6) is -2.12. The molecule has 0 saturated heterocycles. The van der Waals surface area contributed by atoms with Crippen LogP contribution in [-0.4, -0.2) is 43.1 Å². The second-order valence-electron chi connectivity index (χ2n) is 6.85. The minimum atomic E-state index is -0.968. The van der Waals surface area contributed by atoms with Crippen LogP contribution in [0.3, 0.4) is 0 Å². The molecule has 1 atom stereocenters. The molecule has 2 amide bonds. The lowest BCUT2D eigenvalue weighted by atomic mass is 10.1. The minimum absolute atomic E-state index is 0.191. The van der Waals surface area contributed by atoms with Crippen LogP contribution in [0, 0.1) is 5.92 Å². The van der Waals surface area contributed by atoms with Gasteiger partial charge in [0.1, 0.15) is 0 Å². The van der Waals surface area contributed by atoms with Crippen molar-refractivity contribution >= 4 is 17.8 Å². The number of hydrogen-bond acceptors (Lipinski definition) is 7. The Morgan fingerprint density at radius 2 is 1.52 bits per heavy atom. The Morgan fingerprint density at radius 3 is 2.10 bits per heavy atom. The summed E-state index contributed by atoms with van der Waals surface area (Å²) in [5.41, 5.74) is 1.13. The smallest absolute Gasteiger partial charge is 0.327 e. The van der Waals surface area contributed by atoms with E-state index in [1.165, 1.54) is 12.1 Å². The molecule has 0 fully saturated rings. The fourth-order valence-electron chi connectivity index (χ4n) is 3.07. The lowest BCUT2D eigenvalue weighted by Crippen LogP contribution is -2.38. The zero-order valence-electron chi connectivity index (χ0n) is 15.7. The number of fused-ring (bicyclic) bond motifs is 1. The molecule has 146 valence electrons. The van der Waals surface area contributed by atoms with E-state index in [9.17, 15) is 14.4 Å². The van der Waals surface area contributed by atoms with E-state index in [2.05, 4.69) is 15.4 Å². The predicted molar refractivity (Wildman–Crippen MR) is 100 cm³/mol. The molecular weight excluding hydrogens is 374 g/mol. The quantitative estimate of drug-likeness (QED) is 0.614. The van der Waals surface area contributed by atoms with Crippen molar-refractivity contribution in [1.29, 1.82) is 0 Å². The average molecular weight is 391 g/mol. The lowest BCUT2D eigenvalue weighted by molar-refractivity contribution is -0.175. The number of hydroxylamine groups is 2. The molecule has 1 aliphatic rings. The third-order valence-corrected chi connectivity index (χ3v) is 4.52. The van der Waals surface area contributed by atoms with Gasteiger partial charge in [-0.05, 0) is 23.3 Å². The van der Waals surface area contributed by atoms with Crippen LogP contribution in [-0.2, 0) is 9.63 Å². The van der Waals surface area contributed by atoms with Crippen molar-refractivity contribution in [3.05, 3.63) is 65.7 Å². The number of nitrogens with zero attached hydrogens (tertiary/aromatic N) is 5. The summed E-state index contributed by atoms with van der Waals surface area (Å²) in [7, 11) is 0. The maximum absolute atomic E-state index is 12.8. The van der Waals surface area contributed by atoms with E-state index in [0.717, 1.165) is 10.4 Å². The highest BCUT2D eigenvalue weighted by Crippen LogP contribution is 2.25. The Bertz CT molecular complexity index is 1060. The molecule has 0 spiro atoms. The second kappa shape index (κ2) is 7.27. The van der Waals surface area contributed by atoms with Crippen LogP contribution < -0.4 is 0 Å². The molecule has 0 radical (unpaired) electrons. The fourth-order valence-corrected chi connectivity index (χ4v) is 3.07. The van der Waals surface area contributed by atoms with E-state index in [4.69, 9.17) is 4.84 Å². The van der Waals surface area contributed by atoms with Gasteiger partial charge in [0, 0.05) is 5.56 Å². The molecule has 1 unspecified atom stereocenters. The topological polar surface area (TPSA) is 107 Å². The number of tetrazole rings is 1. The first kappa shape index (κ1) is 18.5. The van der Waals surface area contributed by atoms with Gasteiger partial charge < -0.3 is 4.84 Å². The summed E-state index contributed by atoms with van der Waals surface area (Å²) < 4.78 is 0. The highest BCUT2D eigenvalue weighted by molar-refractivity contribution is 6.20. The second-order valence-corrected chi connectivity index (χ2v) is 6.85. The molecule has 2 heterocycles. The van der Waals surface area contributed by atoms with E-state index >= 15 is 0 Å². The number of carbonyl (C=O) groups excluding carboxylic acids is 3. The lowest BCUT2D eigenvalue weighted by Gasteiger charge is -2.20. The molecule has 0 bridgehead atoms. The molecule has 0 saturated carbocycles. The van der Waals surface area contributed by atoms with E-state index in [0.29, 0.717) is 10.9 Å². The van der Waals surface area contributed by atoms with Gasteiger partial charge in [-0.25, -0.2) is 4.79 Å². The van der Waals surface area contributed by atoms with Gasteiger partial charge in [0.05, 0.1) is 11.1 Å². The molecular formula is C20H17N5O4. The molecule has 4 rings (SSSR count). The molecule has 0 aliphatic carbocycles. The molecule has 9 nitrogen and oxygen atoms in total. The van der Waals surface area contributed by atoms with Crippen LogP contribution in [0.25, 0.3) is 11.4 Å². The summed E-state index contributed by atoms with van der Waals surface area (Å²) in [4.78, 5) is 44.0. The fraction of sp³-hybridized carbons (Fsp3) is 0.200. The van der Waals surface area contributed by atoms with E-state index in [1.807, 2.05) is 30.3 Å². The van der Waals surface area contributed by atoms with Crippen molar-refractivity contribution < 1.29 is 19.2 Å². The van der Waals surface area contributed by atoms with Crippen molar-refractivity contribution in [3.8, 4) is 11.4 Å². The van der Waals surface area contributed by atoms with Gasteiger partial charge in [0.25, 0.3) is 11.8 Å². The average Bonchev–Trinajstić information content (AvgIpc) is 3.29. The highest BCUT2D eigenvalue weighted by Gasteiger charge is 2.41. The third kappa shape index (κ3) is 3.27. The van der Waals surface area contributed by atoms with Crippen molar-refractivity contribution in [1.82, 2.24) is 25.3 Å². The monoisotopic (exact) mass is 391 g/mol. The molecule has 0 N–H and O–H groups in total. The highest BCUT2D eigenvalue weighted by atomic mass is 16.7. The summed E-state index contributed by atoms with van der Waals surface area (Å²) >= 11 is 0. The SMILES string of the molecule is CC(C)C(C(=O)ON1C(=O)c2ccccc2C1=O)n1nnc(-c2ccccc2)n1. The number of hydrogen-bond donors (Lipinski definition) is 0.